The first-order chi connectivity index (χ1) is 29.1. The highest BCUT2D eigenvalue weighted by atomic mass is 32.2. The van der Waals surface area contributed by atoms with Crippen LogP contribution in [0.3, 0.4) is 0 Å². The van der Waals surface area contributed by atoms with Crippen molar-refractivity contribution in [1.82, 2.24) is 70.4 Å². The lowest BCUT2D eigenvalue weighted by atomic mass is 10.0. The zero-order chi connectivity index (χ0) is 43.0. The van der Waals surface area contributed by atoms with Gasteiger partial charge in [-0.3, -0.25) is 0 Å². The Morgan fingerprint density at radius 2 is 0.833 bits per heavy atom. The molecule has 0 unspecified atom stereocenters. The Labute approximate surface area is 358 Å². The lowest BCUT2D eigenvalue weighted by Crippen LogP contribution is -2.34. The molecule has 0 aliphatic heterocycles. The van der Waals surface area contributed by atoms with Gasteiger partial charge in [-0.2, -0.15) is 54.8 Å². The molecule has 0 aliphatic carbocycles. The van der Waals surface area contributed by atoms with Gasteiger partial charge >= 0.3 is 0 Å². The van der Waals surface area contributed by atoms with E-state index in [9.17, 15) is 0 Å². The topological polar surface area (TPSA) is 367 Å². The maximum atomic E-state index is 5.81. The minimum Gasteiger partial charge on any atom is -0.368 e. The minimum atomic E-state index is -0.409. The molecule has 0 radical (unpaired) electrons. The summed E-state index contributed by atoms with van der Waals surface area (Å²) in [5, 5.41) is 30.6. The number of nitrogen functional groups attached to an aromatic ring is 1. The molecule has 27 heteroatoms. The summed E-state index contributed by atoms with van der Waals surface area (Å²) in [5.74, 6) is 6.06. The molecule has 25 nitrogen and oxygen atoms in total. The van der Waals surface area contributed by atoms with E-state index in [1.165, 1.54) is 0 Å². The predicted molar refractivity (Wildman–Crippen MR) is 240 cm³/mol. The summed E-state index contributed by atoms with van der Waals surface area (Å²) in [6.45, 7) is 14.9. The molecule has 0 aliphatic rings. The van der Waals surface area contributed by atoms with Crippen molar-refractivity contribution in [2.45, 2.75) is 63.1 Å². The van der Waals surface area contributed by atoms with Crippen LogP contribution in [-0.4, -0.2) is 149 Å². The molecular formula is C33H61N25S2. The van der Waals surface area contributed by atoms with Crippen molar-refractivity contribution in [3.05, 3.63) is 11.6 Å². The fraction of sp³-hybridized carbons (Fsp3) is 0.636. The molecule has 330 valence electrons. The van der Waals surface area contributed by atoms with Gasteiger partial charge < -0.3 is 70.8 Å². The van der Waals surface area contributed by atoms with E-state index in [-0.39, 0.29) is 5.95 Å². The molecule has 17 N–H and O–H groups in total. The third kappa shape index (κ3) is 18.1. The van der Waals surface area contributed by atoms with Crippen molar-refractivity contribution >= 4 is 71.1 Å². The van der Waals surface area contributed by atoms with Crippen LogP contribution in [0.25, 0.3) is 0 Å². The Kier molecular flexibility index (Phi) is 20.8. The van der Waals surface area contributed by atoms with Crippen molar-refractivity contribution in [1.29, 1.82) is 0 Å². The lowest BCUT2D eigenvalue weighted by molar-refractivity contribution is 0.527. The van der Waals surface area contributed by atoms with Crippen LogP contribution < -0.4 is 70.8 Å². The summed E-state index contributed by atoms with van der Waals surface area (Å²) in [5.41, 5.74) is 22.3. The highest BCUT2D eigenvalue weighted by molar-refractivity contribution is 7.99. The quantitative estimate of drug-likeness (QED) is 0.0223. The first-order valence-electron chi connectivity index (χ1n) is 19.9. The Hall–Kier alpha value is -5.06. The zero-order valence-corrected chi connectivity index (χ0v) is 36.4. The first kappa shape index (κ1) is 47.6. The highest BCUT2D eigenvalue weighted by Crippen LogP contribution is 2.21. The van der Waals surface area contributed by atoms with Crippen LogP contribution in [0.1, 0.15) is 45.8 Å². The van der Waals surface area contributed by atoms with Crippen LogP contribution in [0.4, 0.5) is 47.6 Å². The van der Waals surface area contributed by atoms with Gasteiger partial charge in [0.15, 0.2) is 10.3 Å². The van der Waals surface area contributed by atoms with Gasteiger partial charge in [0.1, 0.15) is 11.6 Å². The summed E-state index contributed by atoms with van der Waals surface area (Å²) >= 11 is 3.11. The second kappa shape index (κ2) is 26.2. The molecule has 0 amide bonds. The maximum absolute atomic E-state index is 5.81. The van der Waals surface area contributed by atoms with Crippen LogP contribution in [-0.2, 0) is 13.1 Å². The van der Waals surface area contributed by atoms with Crippen molar-refractivity contribution in [2.75, 3.05) is 126 Å². The predicted octanol–water partition coefficient (Wildman–Crippen LogP) is -0.559. The van der Waals surface area contributed by atoms with Gasteiger partial charge in [-0.25, -0.2) is 4.98 Å². The second-order valence-electron chi connectivity index (χ2n) is 13.3. The average Bonchev–Trinajstić information content (AvgIpc) is 3.21. The maximum Gasteiger partial charge on any atom is 0.229 e. The smallest absolute Gasteiger partial charge is 0.229 e. The molecule has 0 aromatic carbocycles. The van der Waals surface area contributed by atoms with Crippen molar-refractivity contribution in [2.24, 2.45) is 17.2 Å². The van der Waals surface area contributed by atoms with Crippen LogP contribution in [0.5, 0.6) is 0 Å². The molecule has 0 saturated heterocycles. The molecule has 4 aromatic heterocycles. The van der Waals surface area contributed by atoms with E-state index in [2.05, 4.69) is 135 Å². The summed E-state index contributed by atoms with van der Waals surface area (Å²) in [7, 11) is 0. The fourth-order valence-corrected chi connectivity index (χ4v) is 6.11. The third-order valence-corrected chi connectivity index (χ3v) is 9.12. The average molecular weight is 872 g/mol. The SMILES string of the molecule is CCSc1nc(CNCCNc2nc(NC(C)(C)CCNc3nc(CNCCNc4nc(N)nc(NCCN)n4)nc(NCCN)n3)nc(SCC)n2)nc(NCCN)n1. The zero-order valence-electron chi connectivity index (χ0n) is 34.8. The summed E-state index contributed by atoms with van der Waals surface area (Å²) in [4.78, 5) is 53.7. The summed E-state index contributed by atoms with van der Waals surface area (Å²) in [6, 6.07) is 0. The summed E-state index contributed by atoms with van der Waals surface area (Å²) < 4.78 is 0. The highest BCUT2D eigenvalue weighted by Gasteiger charge is 2.20. The molecule has 0 spiro atoms. The van der Waals surface area contributed by atoms with Crippen LogP contribution >= 0.6 is 23.5 Å². The third-order valence-electron chi connectivity index (χ3n) is 7.66. The molecule has 60 heavy (non-hydrogen) atoms. The number of hydrogen-bond acceptors (Lipinski definition) is 27. The van der Waals surface area contributed by atoms with E-state index in [1.54, 1.807) is 23.5 Å². The van der Waals surface area contributed by atoms with Gasteiger partial charge in [0.2, 0.25) is 47.6 Å². The van der Waals surface area contributed by atoms with Crippen molar-refractivity contribution < 1.29 is 0 Å². The number of anilines is 8. The second-order valence-corrected chi connectivity index (χ2v) is 15.7. The number of nitrogens with one attached hydrogen (secondary N) is 9. The molecule has 0 bridgehead atoms. The molecule has 4 aromatic rings. The van der Waals surface area contributed by atoms with Gasteiger partial charge in [0, 0.05) is 77.5 Å². The van der Waals surface area contributed by atoms with E-state index in [1.807, 2.05) is 0 Å². The fourth-order valence-electron chi connectivity index (χ4n) is 4.97. The van der Waals surface area contributed by atoms with Crippen LogP contribution in [0, 0.1) is 0 Å². The van der Waals surface area contributed by atoms with Gasteiger partial charge in [0.25, 0.3) is 0 Å². The molecule has 0 atom stereocenters. The molecule has 4 rings (SSSR count). The number of rotatable bonds is 31. The van der Waals surface area contributed by atoms with E-state index >= 15 is 0 Å². The Morgan fingerprint density at radius 1 is 0.450 bits per heavy atom. The standard InChI is InChI=1S/C33H61N25S2/c1-5-59-31-49-22(48-26(55-31)42-13-9-35)20-39-16-18-45-29-54-30(57-32(56-29)60-6-2)58-33(3,4)7-11-40-24-46-21(47-25(52-24)41-12-8-34)19-38-15-17-44-28-51-23(37)50-27(53-28)43-14-10-36/h38-39H,5-20,34-36H2,1-4H3,(H,42,48,49,55)(H2,40,41,46,47,52)(H2,45,54,56,57,58)(H4,37,43,44,50,51,53). The number of nitrogens with two attached hydrogens (primary N) is 4. The van der Waals surface area contributed by atoms with Crippen LogP contribution in [0.2, 0.25) is 0 Å². The number of aromatic nitrogens is 12. The number of hydrogen-bond donors (Lipinski definition) is 13. The molecule has 0 saturated carbocycles. The number of thioether (sulfide) groups is 2. The van der Waals surface area contributed by atoms with Gasteiger partial charge in [-0.1, -0.05) is 37.4 Å². The Morgan fingerprint density at radius 3 is 1.33 bits per heavy atom. The lowest BCUT2D eigenvalue weighted by Gasteiger charge is -2.26. The van der Waals surface area contributed by atoms with Crippen molar-refractivity contribution in [3.63, 3.8) is 0 Å². The van der Waals surface area contributed by atoms with E-state index in [0.29, 0.717) is 155 Å². The van der Waals surface area contributed by atoms with E-state index in [4.69, 9.17) is 22.9 Å². The van der Waals surface area contributed by atoms with Crippen molar-refractivity contribution in [3.8, 4) is 0 Å². The van der Waals surface area contributed by atoms with Crippen LogP contribution in [0.15, 0.2) is 10.3 Å². The Balaban J connectivity index is 1.27. The van der Waals surface area contributed by atoms with E-state index < -0.39 is 5.54 Å². The minimum absolute atomic E-state index is 0.107. The molecular weight excluding hydrogens is 811 g/mol. The Bertz CT molecular complexity index is 1850. The van der Waals surface area contributed by atoms with Gasteiger partial charge in [-0.15, -0.1) is 0 Å². The van der Waals surface area contributed by atoms with Gasteiger partial charge in [0.05, 0.1) is 13.1 Å². The summed E-state index contributed by atoms with van der Waals surface area (Å²) in [6.07, 6.45) is 0.683. The monoisotopic (exact) mass is 871 g/mol. The van der Waals surface area contributed by atoms with E-state index in [0.717, 1.165) is 11.5 Å². The molecule has 0 fully saturated rings. The first-order valence-corrected chi connectivity index (χ1v) is 21.8. The molecule has 4 heterocycles. The normalized spacial score (nSPS) is 11.3. The largest absolute Gasteiger partial charge is 0.368 e. The number of nitrogens with zero attached hydrogens (tertiary/aromatic N) is 12. The van der Waals surface area contributed by atoms with Gasteiger partial charge in [-0.05, 0) is 31.8 Å².